The maximum Gasteiger partial charge on any atom is 0.159 e. The van der Waals surface area contributed by atoms with Crippen LogP contribution in [0.3, 0.4) is 0 Å². The van der Waals surface area contributed by atoms with Crippen LogP contribution in [0.4, 0.5) is 0 Å². The van der Waals surface area contributed by atoms with Gasteiger partial charge in [0.05, 0.1) is 7.11 Å². The van der Waals surface area contributed by atoms with Crippen molar-refractivity contribution in [3.05, 3.63) is 64.7 Å². The van der Waals surface area contributed by atoms with Gasteiger partial charge in [0.2, 0.25) is 0 Å². The minimum Gasteiger partial charge on any atom is -0.496 e. The molecule has 1 fully saturated rings. The molecule has 0 aromatic heterocycles. The summed E-state index contributed by atoms with van der Waals surface area (Å²) in [5.41, 5.74) is 4.54. The number of hydrogen-bond acceptors (Lipinski definition) is 4. The van der Waals surface area contributed by atoms with E-state index in [1.54, 1.807) is 14.0 Å². The number of methoxy groups -OCH3 is 1. The third-order valence-corrected chi connectivity index (χ3v) is 5.03. The van der Waals surface area contributed by atoms with E-state index in [0.29, 0.717) is 0 Å². The largest absolute Gasteiger partial charge is 0.496 e. The molecule has 0 bridgehead atoms. The summed E-state index contributed by atoms with van der Waals surface area (Å²) in [4.78, 5) is 16.6. The molecule has 0 amide bonds. The van der Waals surface area contributed by atoms with Crippen LogP contribution in [-0.4, -0.2) is 48.9 Å². The molecule has 0 spiro atoms. The second kappa shape index (κ2) is 8.47. The molecule has 0 unspecified atom stereocenters. The van der Waals surface area contributed by atoms with Gasteiger partial charge in [0.15, 0.2) is 5.78 Å². The van der Waals surface area contributed by atoms with Crippen molar-refractivity contribution in [3.63, 3.8) is 0 Å². The first-order valence-corrected chi connectivity index (χ1v) is 9.23. The van der Waals surface area contributed by atoms with Gasteiger partial charge in [-0.25, -0.2) is 0 Å². The molecule has 26 heavy (non-hydrogen) atoms. The van der Waals surface area contributed by atoms with E-state index >= 15 is 0 Å². The second-order valence-electron chi connectivity index (χ2n) is 7.12. The number of ketones is 1. The molecule has 4 nitrogen and oxygen atoms in total. The van der Waals surface area contributed by atoms with Crippen molar-refractivity contribution >= 4 is 5.78 Å². The standard InChI is InChI=1S/C22H28N2O2/c1-17-5-4-6-19(13-17)15-23-9-11-24(12-10-23)16-21-14-20(18(2)25)7-8-22(21)26-3/h4-8,13-14H,9-12,15-16H2,1-3H3. The van der Waals surface area contributed by atoms with E-state index in [0.717, 1.165) is 56.1 Å². The molecule has 1 heterocycles. The van der Waals surface area contributed by atoms with E-state index in [1.165, 1.54) is 11.1 Å². The molecule has 2 aromatic rings. The maximum atomic E-state index is 11.7. The van der Waals surface area contributed by atoms with Crippen molar-refractivity contribution in [1.82, 2.24) is 9.80 Å². The average Bonchev–Trinajstić information content (AvgIpc) is 2.63. The van der Waals surface area contributed by atoms with Gasteiger partial charge in [-0.15, -0.1) is 0 Å². The number of Topliss-reactive ketones (excluding diaryl/α,β-unsaturated/α-hetero) is 1. The fraction of sp³-hybridized carbons (Fsp3) is 0.409. The Morgan fingerprint density at radius 2 is 1.69 bits per heavy atom. The van der Waals surface area contributed by atoms with E-state index in [4.69, 9.17) is 4.74 Å². The Morgan fingerprint density at radius 3 is 2.31 bits per heavy atom. The zero-order chi connectivity index (χ0) is 18.5. The molecule has 3 rings (SSSR count). The number of benzene rings is 2. The summed E-state index contributed by atoms with van der Waals surface area (Å²) in [6.07, 6.45) is 0. The minimum absolute atomic E-state index is 0.0943. The zero-order valence-electron chi connectivity index (χ0n) is 16.0. The molecule has 0 saturated carbocycles. The summed E-state index contributed by atoms with van der Waals surface area (Å²) in [6, 6.07) is 14.5. The van der Waals surface area contributed by atoms with Crippen LogP contribution in [-0.2, 0) is 13.1 Å². The van der Waals surface area contributed by atoms with E-state index < -0.39 is 0 Å². The van der Waals surface area contributed by atoms with Gasteiger partial charge in [-0.2, -0.15) is 0 Å². The van der Waals surface area contributed by atoms with Crippen LogP contribution in [0.15, 0.2) is 42.5 Å². The normalized spacial score (nSPS) is 15.8. The smallest absolute Gasteiger partial charge is 0.159 e. The highest BCUT2D eigenvalue weighted by Crippen LogP contribution is 2.23. The molecule has 1 aliphatic heterocycles. The summed E-state index contributed by atoms with van der Waals surface area (Å²) >= 11 is 0. The van der Waals surface area contributed by atoms with Gasteiger partial charge >= 0.3 is 0 Å². The molecule has 0 atom stereocenters. The van der Waals surface area contributed by atoms with Gasteiger partial charge in [0.25, 0.3) is 0 Å². The molecule has 2 aromatic carbocycles. The predicted molar refractivity (Wildman–Crippen MR) is 105 cm³/mol. The number of rotatable bonds is 6. The van der Waals surface area contributed by atoms with E-state index in [2.05, 4.69) is 41.0 Å². The Morgan fingerprint density at radius 1 is 1.00 bits per heavy atom. The Kier molecular flexibility index (Phi) is 6.07. The summed E-state index contributed by atoms with van der Waals surface area (Å²) in [5, 5.41) is 0. The third-order valence-electron chi connectivity index (χ3n) is 5.03. The molecule has 1 aliphatic rings. The van der Waals surface area contributed by atoms with Crippen LogP contribution in [0.25, 0.3) is 0 Å². The fourth-order valence-electron chi connectivity index (χ4n) is 3.54. The molecule has 0 aliphatic carbocycles. The van der Waals surface area contributed by atoms with Crippen molar-refractivity contribution in [2.75, 3.05) is 33.3 Å². The number of carbonyl (C=O) groups excluding carboxylic acids is 1. The monoisotopic (exact) mass is 352 g/mol. The summed E-state index contributed by atoms with van der Waals surface area (Å²) < 4.78 is 5.48. The quantitative estimate of drug-likeness (QED) is 0.745. The first kappa shape index (κ1) is 18.6. The van der Waals surface area contributed by atoms with Crippen LogP contribution in [0.5, 0.6) is 5.75 Å². The van der Waals surface area contributed by atoms with Crippen LogP contribution in [0.2, 0.25) is 0 Å². The molecule has 4 heteroatoms. The molecule has 1 saturated heterocycles. The average molecular weight is 352 g/mol. The first-order chi connectivity index (χ1) is 12.5. The number of carbonyl (C=O) groups is 1. The van der Waals surface area contributed by atoms with Gasteiger partial charge < -0.3 is 4.74 Å². The van der Waals surface area contributed by atoms with E-state index in [-0.39, 0.29) is 5.78 Å². The SMILES string of the molecule is COc1ccc(C(C)=O)cc1CN1CCN(Cc2cccc(C)c2)CC1. The van der Waals surface area contributed by atoms with Crippen LogP contribution < -0.4 is 4.74 Å². The Labute approximate surface area is 156 Å². The van der Waals surface area contributed by atoms with Crippen LogP contribution in [0, 0.1) is 6.92 Å². The van der Waals surface area contributed by atoms with Crippen molar-refractivity contribution in [3.8, 4) is 5.75 Å². The van der Waals surface area contributed by atoms with Gasteiger partial charge in [-0.3, -0.25) is 14.6 Å². The second-order valence-corrected chi connectivity index (χ2v) is 7.12. The number of aryl methyl sites for hydroxylation is 1. The van der Waals surface area contributed by atoms with Gasteiger partial charge in [-0.1, -0.05) is 29.8 Å². The van der Waals surface area contributed by atoms with E-state index in [9.17, 15) is 4.79 Å². The number of ether oxygens (including phenoxy) is 1. The number of nitrogens with zero attached hydrogens (tertiary/aromatic N) is 2. The Bertz CT molecular complexity index is 764. The van der Waals surface area contributed by atoms with E-state index in [1.807, 2.05) is 18.2 Å². The maximum absolute atomic E-state index is 11.7. The highest BCUT2D eigenvalue weighted by Gasteiger charge is 2.19. The summed E-state index contributed by atoms with van der Waals surface area (Å²) in [5.74, 6) is 0.953. The Balaban J connectivity index is 1.58. The minimum atomic E-state index is 0.0943. The lowest BCUT2D eigenvalue weighted by atomic mass is 10.1. The summed E-state index contributed by atoms with van der Waals surface area (Å²) in [6.45, 7) is 9.75. The summed E-state index contributed by atoms with van der Waals surface area (Å²) in [7, 11) is 1.69. The first-order valence-electron chi connectivity index (χ1n) is 9.23. The molecular formula is C22H28N2O2. The molecule has 138 valence electrons. The zero-order valence-corrected chi connectivity index (χ0v) is 16.0. The molecule has 0 N–H and O–H groups in total. The van der Waals surface area contributed by atoms with Crippen molar-refractivity contribution in [1.29, 1.82) is 0 Å². The lowest BCUT2D eigenvalue weighted by molar-refractivity contribution is 0.101. The van der Waals surface area contributed by atoms with Gasteiger partial charge in [0, 0.05) is 50.4 Å². The highest BCUT2D eigenvalue weighted by atomic mass is 16.5. The van der Waals surface area contributed by atoms with Crippen LogP contribution >= 0.6 is 0 Å². The highest BCUT2D eigenvalue weighted by molar-refractivity contribution is 5.94. The van der Waals surface area contributed by atoms with Gasteiger partial charge in [0.1, 0.15) is 5.75 Å². The lowest BCUT2D eigenvalue weighted by Crippen LogP contribution is -2.45. The van der Waals surface area contributed by atoms with Gasteiger partial charge in [-0.05, 0) is 37.6 Å². The number of piperazine rings is 1. The van der Waals surface area contributed by atoms with Crippen molar-refractivity contribution < 1.29 is 9.53 Å². The predicted octanol–water partition coefficient (Wildman–Crippen LogP) is 3.52. The topological polar surface area (TPSA) is 32.8 Å². The molecule has 0 radical (unpaired) electrons. The van der Waals surface area contributed by atoms with Crippen LogP contribution in [0.1, 0.15) is 34.0 Å². The molecular weight excluding hydrogens is 324 g/mol. The van der Waals surface area contributed by atoms with Crippen molar-refractivity contribution in [2.24, 2.45) is 0 Å². The lowest BCUT2D eigenvalue weighted by Gasteiger charge is -2.35. The third kappa shape index (κ3) is 4.71. The number of hydrogen-bond donors (Lipinski definition) is 0. The fourth-order valence-corrected chi connectivity index (χ4v) is 3.54. The van der Waals surface area contributed by atoms with Crippen molar-refractivity contribution in [2.45, 2.75) is 26.9 Å². The Hall–Kier alpha value is -2.17.